The molecule has 18 heavy (non-hydrogen) atoms. The van der Waals surface area contributed by atoms with Gasteiger partial charge in [-0.2, -0.15) is 5.10 Å². The number of aromatic amines is 1. The molecule has 2 aromatic rings. The van der Waals surface area contributed by atoms with E-state index >= 15 is 0 Å². The van der Waals surface area contributed by atoms with Crippen LogP contribution in [0.25, 0.3) is 11.3 Å². The van der Waals surface area contributed by atoms with Crippen LogP contribution in [0.4, 0.5) is 4.39 Å². The average Bonchev–Trinajstić information content (AvgIpc) is 2.66. The van der Waals surface area contributed by atoms with Crippen LogP contribution in [0.2, 0.25) is 0 Å². The minimum Gasteiger partial charge on any atom is -0.492 e. The van der Waals surface area contributed by atoms with E-state index in [1.165, 1.54) is 12.1 Å². The summed E-state index contributed by atoms with van der Waals surface area (Å²) in [6.45, 7) is 0.350. The second kappa shape index (κ2) is 3.83. The number of benzene rings is 1. The van der Waals surface area contributed by atoms with E-state index in [1.807, 2.05) is 0 Å². The van der Waals surface area contributed by atoms with Crippen LogP contribution < -0.4 is 10.5 Å². The van der Waals surface area contributed by atoms with Crippen molar-refractivity contribution in [1.29, 1.82) is 0 Å². The molecule has 2 heterocycles. The molecule has 3 rings (SSSR count). The molecule has 6 heteroatoms. The molecule has 0 unspecified atom stereocenters. The lowest BCUT2D eigenvalue weighted by Gasteiger charge is -2.05. The maximum atomic E-state index is 13.2. The molecule has 1 aliphatic heterocycles. The topological polar surface area (TPSA) is 81.0 Å². The van der Waals surface area contributed by atoms with E-state index < -0.39 is 5.91 Å². The molecule has 1 aliphatic rings. The van der Waals surface area contributed by atoms with Crippen LogP contribution in [0.1, 0.15) is 16.1 Å². The van der Waals surface area contributed by atoms with E-state index in [0.29, 0.717) is 35.6 Å². The highest BCUT2D eigenvalue weighted by atomic mass is 19.1. The van der Waals surface area contributed by atoms with E-state index in [0.717, 1.165) is 0 Å². The Morgan fingerprint density at radius 3 is 3.11 bits per heavy atom. The summed E-state index contributed by atoms with van der Waals surface area (Å²) >= 11 is 0. The summed E-state index contributed by atoms with van der Waals surface area (Å²) in [5.74, 6) is -0.506. The van der Waals surface area contributed by atoms with Gasteiger partial charge in [0.1, 0.15) is 17.3 Å². The van der Waals surface area contributed by atoms with Crippen LogP contribution in [0, 0.1) is 5.82 Å². The summed E-state index contributed by atoms with van der Waals surface area (Å²) in [6.07, 6.45) is 0.500. The number of carbonyl (C=O) groups is 1. The van der Waals surface area contributed by atoms with Crippen molar-refractivity contribution in [2.24, 2.45) is 5.73 Å². The molecule has 5 nitrogen and oxygen atoms in total. The predicted octanol–water partition coefficient (Wildman–Crippen LogP) is 1.25. The fourth-order valence-electron chi connectivity index (χ4n) is 2.11. The number of nitrogens with one attached hydrogen (secondary N) is 1. The number of H-pyrrole nitrogens is 1. The number of nitrogens with two attached hydrogens (primary N) is 1. The first-order valence-electron chi connectivity index (χ1n) is 5.46. The Hall–Kier alpha value is -2.37. The summed E-state index contributed by atoms with van der Waals surface area (Å²) < 4.78 is 18.6. The molecule has 1 aromatic carbocycles. The molecule has 0 atom stereocenters. The fourth-order valence-corrected chi connectivity index (χ4v) is 2.11. The van der Waals surface area contributed by atoms with Crippen molar-refractivity contribution in [3.05, 3.63) is 35.3 Å². The van der Waals surface area contributed by atoms with Crippen molar-refractivity contribution in [2.45, 2.75) is 6.42 Å². The number of primary amides is 1. The molecule has 0 radical (unpaired) electrons. The maximum Gasteiger partial charge on any atom is 0.267 e. The molecule has 0 spiro atoms. The van der Waals surface area contributed by atoms with Crippen LogP contribution >= 0.6 is 0 Å². The zero-order valence-corrected chi connectivity index (χ0v) is 9.37. The van der Waals surface area contributed by atoms with Crippen LogP contribution in [-0.4, -0.2) is 22.7 Å². The Kier molecular flexibility index (Phi) is 2.29. The molecule has 0 saturated carbocycles. The first kappa shape index (κ1) is 10.8. The van der Waals surface area contributed by atoms with Gasteiger partial charge in [-0.1, -0.05) is 0 Å². The van der Waals surface area contributed by atoms with Crippen molar-refractivity contribution in [2.75, 3.05) is 6.61 Å². The van der Waals surface area contributed by atoms with Gasteiger partial charge in [0, 0.05) is 23.6 Å². The monoisotopic (exact) mass is 247 g/mol. The number of hydrogen-bond acceptors (Lipinski definition) is 3. The average molecular weight is 247 g/mol. The van der Waals surface area contributed by atoms with Crippen LogP contribution in [0.15, 0.2) is 18.2 Å². The largest absolute Gasteiger partial charge is 0.492 e. The van der Waals surface area contributed by atoms with E-state index in [2.05, 4.69) is 10.2 Å². The summed E-state index contributed by atoms with van der Waals surface area (Å²) in [5, 5.41) is 6.71. The van der Waals surface area contributed by atoms with Crippen molar-refractivity contribution >= 4 is 5.91 Å². The number of aromatic nitrogens is 2. The quantitative estimate of drug-likeness (QED) is 0.795. The number of ether oxygens (including phenoxy) is 1. The Balaban J connectivity index is 2.22. The lowest BCUT2D eigenvalue weighted by Crippen LogP contribution is -2.14. The first-order valence-corrected chi connectivity index (χ1v) is 5.46. The number of nitrogens with zero attached hydrogens (tertiary/aromatic N) is 1. The Labute approximate surface area is 102 Å². The highest BCUT2D eigenvalue weighted by Crippen LogP contribution is 2.35. The SMILES string of the molecule is NC(=O)c1[nH]nc2c1CCOc1cc(F)ccc1-2. The third-order valence-electron chi connectivity index (χ3n) is 2.92. The molecule has 3 N–H and O–H groups in total. The fraction of sp³-hybridized carbons (Fsp3) is 0.167. The van der Waals surface area contributed by atoms with Crippen LogP contribution in [-0.2, 0) is 6.42 Å². The van der Waals surface area contributed by atoms with Crippen molar-refractivity contribution in [3.63, 3.8) is 0 Å². The highest BCUT2D eigenvalue weighted by Gasteiger charge is 2.23. The lowest BCUT2D eigenvalue weighted by molar-refractivity contribution is 0.0994. The molecule has 0 bridgehead atoms. The summed E-state index contributed by atoms with van der Waals surface area (Å²) in [5.41, 5.74) is 7.52. The molecular weight excluding hydrogens is 237 g/mol. The van der Waals surface area contributed by atoms with Crippen LogP contribution in [0.5, 0.6) is 5.75 Å². The van der Waals surface area contributed by atoms with Crippen molar-refractivity contribution < 1.29 is 13.9 Å². The standard InChI is InChI=1S/C12H10FN3O2/c13-6-1-2-7-9(5-6)18-4-3-8-10(7)15-16-11(8)12(14)17/h1-2,5H,3-4H2,(H2,14,17)(H,15,16). The maximum absolute atomic E-state index is 13.2. The number of hydrogen-bond donors (Lipinski definition) is 2. The number of amides is 1. The summed E-state index contributed by atoms with van der Waals surface area (Å²) in [6, 6.07) is 4.22. The van der Waals surface area contributed by atoms with Crippen LogP contribution in [0.3, 0.4) is 0 Å². The first-order chi connectivity index (χ1) is 8.66. The van der Waals surface area contributed by atoms with Gasteiger partial charge in [0.15, 0.2) is 0 Å². The van der Waals surface area contributed by atoms with E-state index in [1.54, 1.807) is 6.07 Å². The van der Waals surface area contributed by atoms with Gasteiger partial charge < -0.3 is 10.5 Å². The zero-order valence-electron chi connectivity index (χ0n) is 9.37. The van der Waals surface area contributed by atoms with Gasteiger partial charge in [-0.15, -0.1) is 0 Å². The van der Waals surface area contributed by atoms with E-state index in [9.17, 15) is 9.18 Å². The molecule has 1 amide bonds. The number of fused-ring (bicyclic) bond motifs is 3. The smallest absolute Gasteiger partial charge is 0.267 e. The third kappa shape index (κ3) is 1.54. The third-order valence-corrected chi connectivity index (χ3v) is 2.92. The number of carbonyl (C=O) groups excluding carboxylic acids is 1. The molecular formula is C12H10FN3O2. The van der Waals surface area contributed by atoms with Gasteiger partial charge >= 0.3 is 0 Å². The minimum atomic E-state index is -0.561. The Bertz CT molecular complexity index is 636. The number of halogens is 1. The second-order valence-corrected chi connectivity index (χ2v) is 4.03. The Morgan fingerprint density at radius 1 is 1.50 bits per heavy atom. The molecule has 0 saturated heterocycles. The minimum absolute atomic E-state index is 0.283. The lowest BCUT2D eigenvalue weighted by atomic mass is 10.0. The Morgan fingerprint density at radius 2 is 2.33 bits per heavy atom. The van der Waals surface area contributed by atoms with Gasteiger partial charge in [0.2, 0.25) is 0 Å². The molecule has 0 fully saturated rings. The second-order valence-electron chi connectivity index (χ2n) is 4.03. The normalized spacial score (nSPS) is 13.2. The van der Waals surface area contributed by atoms with E-state index in [-0.39, 0.29) is 11.5 Å². The number of rotatable bonds is 1. The molecule has 92 valence electrons. The van der Waals surface area contributed by atoms with Crippen molar-refractivity contribution in [3.8, 4) is 17.0 Å². The summed E-state index contributed by atoms with van der Waals surface area (Å²) in [7, 11) is 0. The van der Waals surface area contributed by atoms with Gasteiger partial charge in [-0.05, 0) is 12.1 Å². The van der Waals surface area contributed by atoms with Crippen molar-refractivity contribution in [1.82, 2.24) is 10.2 Å². The predicted molar refractivity (Wildman–Crippen MR) is 61.7 cm³/mol. The molecule has 0 aliphatic carbocycles. The summed E-state index contributed by atoms with van der Waals surface area (Å²) in [4.78, 5) is 11.3. The van der Waals surface area contributed by atoms with Gasteiger partial charge in [0.05, 0.1) is 12.3 Å². The van der Waals surface area contributed by atoms with E-state index in [4.69, 9.17) is 10.5 Å². The van der Waals surface area contributed by atoms with Gasteiger partial charge in [-0.3, -0.25) is 9.89 Å². The van der Waals surface area contributed by atoms with Gasteiger partial charge in [-0.25, -0.2) is 4.39 Å². The zero-order chi connectivity index (χ0) is 12.7. The highest BCUT2D eigenvalue weighted by molar-refractivity contribution is 5.94. The van der Waals surface area contributed by atoms with Gasteiger partial charge in [0.25, 0.3) is 5.91 Å². The molecule has 1 aromatic heterocycles.